The van der Waals surface area contributed by atoms with Crippen LogP contribution in [0.5, 0.6) is 0 Å². The molecule has 1 heterocycles. The van der Waals surface area contributed by atoms with Crippen LogP contribution in [0.3, 0.4) is 0 Å². The Hall–Kier alpha value is -1.09. The molecule has 68 valence electrons. The molecule has 0 fully saturated rings. The summed E-state index contributed by atoms with van der Waals surface area (Å²) in [5.74, 6) is 0. The molecule has 0 saturated heterocycles. The van der Waals surface area contributed by atoms with Crippen LogP contribution in [-0.4, -0.2) is 16.2 Å². The maximum absolute atomic E-state index is 4.13. The Morgan fingerprint density at radius 3 is 2.46 bits per heavy atom. The van der Waals surface area contributed by atoms with E-state index in [1.54, 1.807) is 12.6 Å². The molecule has 0 aliphatic heterocycles. The zero-order valence-electron chi connectivity index (χ0n) is 7.73. The summed E-state index contributed by atoms with van der Waals surface area (Å²) in [4.78, 5) is 8.23. The van der Waals surface area contributed by atoms with Crippen LogP contribution in [0.2, 0.25) is 0 Å². The molecular weight excluding hydrogens is 180 g/mol. The topological polar surface area (TPSA) is 25.8 Å². The van der Waals surface area contributed by atoms with Crippen LogP contribution in [0.1, 0.15) is 5.69 Å². The molecule has 0 radical (unpaired) electrons. The van der Waals surface area contributed by atoms with Crippen LogP contribution < -0.4 is 0 Å². The zero-order valence-corrected chi connectivity index (χ0v) is 8.62. The molecule has 1 aromatic carbocycles. The summed E-state index contributed by atoms with van der Waals surface area (Å²) in [6, 6.07) is 8.00. The van der Waals surface area contributed by atoms with Crippen molar-refractivity contribution in [1.82, 2.24) is 9.97 Å². The van der Waals surface area contributed by atoms with E-state index in [9.17, 15) is 0 Å². The van der Waals surface area contributed by atoms with Crippen LogP contribution in [0.4, 0.5) is 0 Å². The first kappa shape index (κ1) is 9.99. The van der Waals surface area contributed by atoms with Crippen molar-refractivity contribution in [2.75, 3.05) is 6.26 Å². The molecule has 2 aromatic rings. The molecular formula is C10H12N2S. The van der Waals surface area contributed by atoms with E-state index < -0.39 is 0 Å². The number of benzene rings is 1. The normalized spacial score (nSPS) is 9.15. The smallest absolute Gasteiger partial charge is 0.116 e. The van der Waals surface area contributed by atoms with E-state index >= 15 is 0 Å². The summed E-state index contributed by atoms with van der Waals surface area (Å²) in [5.41, 5.74) is 2.05. The molecule has 2 rings (SSSR count). The Labute approximate surface area is 83.4 Å². The van der Waals surface area contributed by atoms with Crippen molar-refractivity contribution < 1.29 is 0 Å². The molecule has 1 aromatic heterocycles. The fraction of sp³-hybridized carbons (Fsp3) is 0.200. The highest BCUT2D eigenvalue weighted by atomic mass is 32.1. The van der Waals surface area contributed by atoms with Gasteiger partial charge >= 0.3 is 0 Å². The third kappa shape index (κ3) is 2.18. The monoisotopic (exact) mass is 192 g/mol. The number of aryl methyl sites for hydroxylation is 1. The minimum Gasteiger partial charge on any atom is -0.241 e. The van der Waals surface area contributed by atoms with Crippen LogP contribution in [0.15, 0.2) is 30.6 Å². The number of thiol groups is 1. The molecule has 0 unspecified atom stereocenters. The molecule has 0 amide bonds. The highest BCUT2D eigenvalue weighted by Gasteiger charge is 1.94. The highest BCUT2D eigenvalue weighted by molar-refractivity contribution is 7.79. The number of nitrogens with zero attached hydrogens (tertiary/aromatic N) is 2. The van der Waals surface area contributed by atoms with Crippen molar-refractivity contribution in [3.8, 4) is 0 Å². The highest BCUT2D eigenvalue weighted by Crippen LogP contribution is 2.11. The van der Waals surface area contributed by atoms with E-state index in [-0.39, 0.29) is 0 Å². The van der Waals surface area contributed by atoms with Gasteiger partial charge in [-0.15, -0.1) is 0 Å². The first-order chi connectivity index (χ1) is 6.38. The lowest BCUT2D eigenvalue weighted by molar-refractivity contribution is 1.15. The van der Waals surface area contributed by atoms with Crippen LogP contribution in [-0.2, 0) is 0 Å². The van der Waals surface area contributed by atoms with Gasteiger partial charge in [-0.2, -0.15) is 12.6 Å². The molecule has 0 N–H and O–H groups in total. The Balaban J connectivity index is 0.000000396. The molecule has 3 heteroatoms. The van der Waals surface area contributed by atoms with Gasteiger partial charge in [0.1, 0.15) is 6.33 Å². The first-order valence-electron chi connectivity index (χ1n) is 3.99. The SMILES string of the molecule is CS.Cc1ncnc2ccccc12. The number of rotatable bonds is 0. The summed E-state index contributed by atoms with van der Waals surface area (Å²) in [7, 11) is 0. The summed E-state index contributed by atoms with van der Waals surface area (Å²) in [6.45, 7) is 1.99. The second-order valence-electron chi connectivity index (χ2n) is 2.48. The standard InChI is InChI=1S/C9H8N2.CH4S/c1-7-8-4-2-3-5-9(8)11-6-10-7;1-2/h2-6H,1H3;2H,1H3. The van der Waals surface area contributed by atoms with Gasteiger partial charge in [0.05, 0.1) is 5.52 Å². The maximum Gasteiger partial charge on any atom is 0.116 e. The summed E-state index contributed by atoms with van der Waals surface area (Å²) >= 11 is 3.53. The van der Waals surface area contributed by atoms with Gasteiger partial charge in [0.15, 0.2) is 0 Å². The number of fused-ring (bicyclic) bond motifs is 1. The van der Waals surface area contributed by atoms with Crippen LogP contribution in [0, 0.1) is 6.92 Å². The maximum atomic E-state index is 4.13. The number of aromatic nitrogens is 2. The minimum absolute atomic E-state index is 1.01. The van der Waals surface area contributed by atoms with Gasteiger partial charge in [-0.05, 0) is 19.2 Å². The first-order valence-corrected chi connectivity index (χ1v) is 4.88. The second kappa shape index (κ2) is 4.82. The van der Waals surface area contributed by atoms with E-state index in [1.807, 2.05) is 31.2 Å². The van der Waals surface area contributed by atoms with Crippen molar-refractivity contribution in [2.45, 2.75) is 6.92 Å². The number of hydrogen-bond acceptors (Lipinski definition) is 3. The van der Waals surface area contributed by atoms with Crippen LogP contribution >= 0.6 is 12.6 Å². The van der Waals surface area contributed by atoms with Gasteiger partial charge in [-0.3, -0.25) is 0 Å². The quantitative estimate of drug-likeness (QED) is 0.649. The third-order valence-corrected chi connectivity index (χ3v) is 1.74. The van der Waals surface area contributed by atoms with Crippen molar-refractivity contribution >= 4 is 23.5 Å². The van der Waals surface area contributed by atoms with E-state index in [2.05, 4.69) is 22.6 Å². The van der Waals surface area contributed by atoms with Crippen molar-refractivity contribution in [3.05, 3.63) is 36.3 Å². The Kier molecular flexibility index (Phi) is 3.71. The summed E-state index contributed by atoms with van der Waals surface area (Å²) in [6.07, 6.45) is 3.29. The fourth-order valence-electron chi connectivity index (χ4n) is 1.14. The molecule has 13 heavy (non-hydrogen) atoms. The Morgan fingerprint density at radius 1 is 1.08 bits per heavy atom. The van der Waals surface area contributed by atoms with Gasteiger partial charge < -0.3 is 0 Å². The van der Waals surface area contributed by atoms with Gasteiger partial charge in [-0.1, -0.05) is 18.2 Å². The predicted molar refractivity (Wildman–Crippen MR) is 59.2 cm³/mol. The lowest BCUT2D eigenvalue weighted by Crippen LogP contribution is -1.85. The lowest BCUT2D eigenvalue weighted by Gasteiger charge is -1.96. The van der Waals surface area contributed by atoms with Crippen molar-refractivity contribution in [3.63, 3.8) is 0 Å². The molecule has 0 saturated carbocycles. The summed E-state index contributed by atoms with van der Waals surface area (Å²) < 4.78 is 0. The van der Waals surface area contributed by atoms with E-state index in [0.29, 0.717) is 0 Å². The fourth-order valence-corrected chi connectivity index (χ4v) is 1.14. The Bertz CT molecular complexity index is 382. The second-order valence-corrected chi connectivity index (χ2v) is 2.48. The van der Waals surface area contributed by atoms with E-state index in [0.717, 1.165) is 16.6 Å². The average molecular weight is 192 g/mol. The third-order valence-electron chi connectivity index (χ3n) is 1.74. The molecule has 0 aliphatic rings. The lowest BCUT2D eigenvalue weighted by atomic mass is 10.2. The molecule has 0 aliphatic carbocycles. The molecule has 0 atom stereocenters. The van der Waals surface area contributed by atoms with E-state index in [4.69, 9.17) is 0 Å². The average Bonchev–Trinajstić information content (AvgIpc) is 2.22. The molecule has 2 nitrogen and oxygen atoms in total. The van der Waals surface area contributed by atoms with E-state index in [1.165, 1.54) is 0 Å². The van der Waals surface area contributed by atoms with Gasteiger partial charge in [-0.25, -0.2) is 9.97 Å². The largest absolute Gasteiger partial charge is 0.241 e. The van der Waals surface area contributed by atoms with Crippen molar-refractivity contribution in [1.29, 1.82) is 0 Å². The van der Waals surface area contributed by atoms with Gasteiger partial charge in [0, 0.05) is 11.1 Å². The zero-order chi connectivity index (χ0) is 9.68. The minimum atomic E-state index is 1.01. The molecule has 0 spiro atoms. The molecule has 0 bridgehead atoms. The number of para-hydroxylation sites is 1. The summed E-state index contributed by atoms with van der Waals surface area (Å²) in [5, 5.41) is 1.13. The predicted octanol–water partition coefficient (Wildman–Crippen LogP) is 2.48. The Morgan fingerprint density at radius 2 is 1.77 bits per heavy atom. The van der Waals surface area contributed by atoms with Gasteiger partial charge in [0.2, 0.25) is 0 Å². The van der Waals surface area contributed by atoms with Crippen LogP contribution in [0.25, 0.3) is 10.9 Å². The number of hydrogen-bond donors (Lipinski definition) is 1. The van der Waals surface area contributed by atoms with Crippen molar-refractivity contribution in [2.24, 2.45) is 0 Å². The van der Waals surface area contributed by atoms with Gasteiger partial charge in [0.25, 0.3) is 0 Å².